The fourth-order valence-electron chi connectivity index (χ4n) is 5.41. The van der Waals surface area contributed by atoms with Crippen LogP contribution in [0.4, 0.5) is 10.1 Å². The summed E-state index contributed by atoms with van der Waals surface area (Å²) in [6.07, 6.45) is 0. The van der Waals surface area contributed by atoms with Gasteiger partial charge in [0.2, 0.25) is 0 Å². The van der Waals surface area contributed by atoms with Gasteiger partial charge in [-0.2, -0.15) is 0 Å². The SMILES string of the molecule is CCOC(=O)[C@H]1[C@H]2COc3ccc(C)cc3[C@@H]2N2C(=O)c3cc(F)ccc3NC(=O)[C@@]12C. The van der Waals surface area contributed by atoms with Gasteiger partial charge in [-0.25, -0.2) is 4.39 Å². The summed E-state index contributed by atoms with van der Waals surface area (Å²) in [5.41, 5.74) is 0.384. The maximum Gasteiger partial charge on any atom is 0.312 e. The van der Waals surface area contributed by atoms with Crippen LogP contribution >= 0.6 is 0 Å². The van der Waals surface area contributed by atoms with Crippen molar-refractivity contribution in [3.05, 3.63) is 58.9 Å². The Hall–Kier alpha value is -3.42. The van der Waals surface area contributed by atoms with Gasteiger partial charge in [0.1, 0.15) is 17.1 Å². The zero-order valence-electron chi connectivity index (χ0n) is 18.0. The Bertz CT molecular complexity index is 1170. The van der Waals surface area contributed by atoms with Gasteiger partial charge in [-0.15, -0.1) is 0 Å². The Morgan fingerprint density at radius 2 is 2.06 bits per heavy atom. The molecule has 0 aliphatic carbocycles. The number of nitrogens with one attached hydrogen (secondary N) is 1. The van der Waals surface area contributed by atoms with E-state index in [1.165, 1.54) is 17.0 Å². The predicted molar refractivity (Wildman–Crippen MR) is 113 cm³/mol. The number of nitrogens with zero attached hydrogens (tertiary/aromatic N) is 1. The number of benzene rings is 2. The summed E-state index contributed by atoms with van der Waals surface area (Å²) in [5.74, 6) is -3.04. The minimum Gasteiger partial charge on any atom is -0.493 e. The number of halogens is 1. The van der Waals surface area contributed by atoms with E-state index in [-0.39, 0.29) is 24.5 Å². The number of hydrogen-bond acceptors (Lipinski definition) is 5. The summed E-state index contributed by atoms with van der Waals surface area (Å²) < 4.78 is 25.4. The van der Waals surface area contributed by atoms with Crippen molar-refractivity contribution >= 4 is 23.5 Å². The van der Waals surface area contributed by atoms with Crippen LogP contribution in [0.1, 0.15) is 41.4 Å². The Kier molecular flexibility index (Phi) is 4.51. The molecule has 0 spiro atoms. The molecule has 0 aromatic heterocycles. The topological polar surface area (TPSA) is 84.9 Å². The second kappa shape index (κ2) is 7.05. The standard InChI is InChI=1S/C24H23FN2O5/c1-4-31-22(29)19-16-11-32-18-8-5-12(2)9-15(18)20(16)27-21(28)14-10-13(25)6-7-17(14)26-23(30)24(19,27)3/h5-10,16,19-20H,4,11H2,1-3H3,(H,26,30)/t16-,19-,20+,24-/m1/s1. The van der Waals surface area contributed by atoms with Crippen molar-refractivity contribution in [3.8, 4) is 5.75 Å². The summed E-state index contributed by atoms with van der Waals surface area (Å²) >= 11 is 0. The minimum absolute atomic E-state index is 0.0472. The van der Waals surface area contributed by atoms with Gasteiger partial charge in [0.25, 0.3) is 11.8 Å². The quantitative estimate of drug-likeness (QED) is 0.728. The molecule has 2 amide bonds. The minimum atomic E-state index is -1.55. The van der Waals surface area contributed by atoms with Crippen LogP contribution in [-0.4, -0.2) is 41.4 Å². The molecule has 166 valence electrons. The molecule has 5 rings (SSSR count). The number of rotatable bonds is 2. The van der Waals surface area contributed by atoms with Crippen LogP contribution in [-0.2, 0) is 14.3 Å². The normalized spacial score (nSPS) is 27.9. The first-order valence-corrected chi connectivity index (χ1v) is 10.6. The first-order valence-electron chi connectivity index (χ1n) is 10.6. The van der Waals surface area contributed by atoms with Gasteiger partial charge in [-0.1, -0.05) is 17.7 Å². The molecule has 0 saturated carbocycles. The lowest BCUT2D eigenvalue weighted by Crippen LogP contribution is -2.57. The first-order chi connectivity index (χ1) is 15.3. The van der Waals surface area contributed by atoms with Crippen molar-refractivity contribution in [2.75, 3.05) is 18.5 Å². The third-order valence-corrected chi connectivity index (χ3v) is 6.81. The number of carbonyl (C=O) groups is 3. The molecule has 7 nitrogen and oxygen atoms in total. The zero-order chi connectivity index (χ0) is 22.8. The van der Waals surface area contributed by atoms with E-state index in [4.69, 9.17) is 9.47 Å². The number of carbonyl (C=O) groups excluding carboxylic acids is 3. The molecule has 1 N–H and O–H groups in total. The smallest absolute Gasteiger partial charge is 0.312 e. The molecule has 0 bridgehead atoms. The highest BCUT2D eigenvalue weighted by Gasteiger charge is 2.67. The van der Waals surface area contributed by atoms with Crippen LogP contribution in [0.3, 0.4) is 0 Å². The van der Waals surface area contributed by atoms with Gasteiger partial charge in [0.15, 0.2) is 0 Å². The van der Waals surface area contributed by atoms with E-state index >= 15 is 0 Å². The van der Waals surface area contributed by atoms with E-state index in [1.807, 2.05) is 25.1 Å². The van der Waals surface area contributed by atoms with E-state index in [1.54, 1.807) is 13.8 Å². The second-order valence-corrected chi connectivity index (χ2v) is 8.66. The summed E-state index contributed by atoms with van der Waals surface area (Å²) in [6, 6.07) is 8.69. The van der Waals surface area contributed by atoms with Crippen LogP contribution in [0.15, 0.2) is 36.4 Å². The van der Waals surface area contributed by atoms with E-state index in [0.717, 1.165) is 17.2 Å². The Balaban J connectivity index is 1.77. The average Bonchev–Trinajstić information content (AvgIpc) is 3.00. The molecule has 2 aromatic carbocycles. The summed E-state index contributed by atoms with van der Waals surface area (Å²) in [4.78, 5) is 42.1. The molecule has 3 aliphatic heterocycles. The lowest BCUT2D eigenvalue weighted by molar-refractivity contribution is -0.155. The van der Waals surface area contributed by atoms with Gasteiger partial charge in [0.05, 0.1) is 36.4 Å². The average molecular weight is 438 g/mol. The molecule has 0 unspecified atom stereocenters. The Morgan fingerprint density at radius 1 is 1.28 bits per heavy atom. The molecule has 1 saturated heterocycles. The Labute approximate surface area is 184 Å². The van der Waals surface area contributed by atoms with Crippen molar-refractivity contribution in [3.63, 3.8) is 0 Å². The molecule has 2 aromatic rings. The molecule has 0 radical (unpaired) electrons. The summed E-state index contributed by atoms with van der Waals surface area (Å²) in [6.45, 7) is 5.48. The number of fused-ring (bicyclic) bond motifs is 6. The summed E-state index contributed by atoms with van der Waals surface area (Å²) in [5, 5.41) is 2.75. The van der Waals surface area contributed by atoms with Crippen molar-refractivity contribution in [2.24, 2.45) is 11.8 Å². The maximum atomic E-state index is 14.1. The molecule has 1 fully saturated rings. The molecule has 3 aliphatic rings. The van der Waals surface area contributed by atoms with Crippen molar-refractivity contribution in [1.29, 1.82) is 0 Å². The van der Waals surface area contributed by atoms with E-state index < -0.39 is 47.0 Å². The van der Waals surface area contributed by atoms with E-state index in [0.29, 0.717) is 5.75 Å². The van der Waals surface area contributed by atoms with Gasteiger partial charge < -0.3 is 19.7 Å². The second-order valence-electron chi connectivity index (χ2n) is 8.66. The highest BCUT2D eigenvalue weighted by atomic mass is 19.1. The van der Waals surface area contributed by atoms with Crippen LogP contribution in [0.5, 0.6) is 5.75 Å². The fourth-order valence-corrected chi connectivity index (χ4v) is 5.41. The van der Waals surface area contributed by atoms with Crippen LogP contribution in [0, 0.1) is 24.6 Å². The highest BCUT2D eigenvalue weighted by Crippen LogP contribution is 2.56. The van der Waals surface area contributed by atoms with Crippen molar-refractivity contribution < 1.29 is 28.2 Å². The monoisotopic (exact) mass is 438 g/mol. The van der Waals surface area contributed by atoms with E-state index in [2.05, 4.69) is 5.32 Å². The van der Waals surface area contributed by atoms with Crippen LogP contribution in [0.2, 0.25) is 0 Å². The first kappa shape index (κ1) is 20.5. The maximum absolute atomic E-state index is 14.1. The molecular weight excluding hydrogens is 415 g/mol. The van der Waals surface area contributed by atoms with Gasteiger partial charge in [-0.3, -0.25) is 14.4 Å². The molecular formula is C24H23FN2O5. The number of aryl methyl sites for hydroxylation is 1. The predicted octanol–water partition coefficient (Wildman–Crippen LogP) is 3.23. The van der Waals surface area contributed by atoms with Gasteiger partial charge in [0, 0.05) is 11.5 Å². The summed E-state index contributed by atoms with van der Waals surface area (Å²) in [7, 11) is 0. The fraction of sp³-hybridized carbons (Fsp3) is 0.375. The number of anilines is 1. The lowest BCUT2D eigenvalue weighted by Gasteiger charge is -2.38. The number of hydrogen-bond donors (Lipinski definition) is 1. The zero-order valence-corrected chi connectivity index (χ0v) is 18.0. The molecule has 32 heavy (non-hydrogen) atoms. The van der Waals surface area contributed by atoms with Gasteiger partial charge in [-0.05, 0) is 45.0 Å². The number of amides is 2. The van der Waals surface area contributed by atoms with Gasteiger partial charge >= 0.3 is 5.97 Å². The molecule has 4 atom stereocenters. The van der Waals surface area contributed by atoms with Crippen LogP contribution < -0.4 is 10.1 Å². The molecule has 8 heteroatoms. The van der Waals surface area contributed by atoms with Crippen LogP contribution in [0.25, 0.3) is 0 Å². The largest absolute Gasteiger partial charge is 0.493 e. The highest BCUT2D eigenvalue weighted by molar-refractivity contribution is 6.13. The number of ether oxygens (including phenoxy) is 2. The third-order valence-electron chi connectivity index (χ3n) is 6.81. The lowest BCUT2D eigenvalue weighted by atomic mass is 9.77. The number of esters is 1. The van der Waals surface area contributed by atoms with E-state index in [9.17, 15) is 18.8 Å². The molecule has 3 heterocycles. The third kappa shape index (κ3) is 2.68. The van der Waals surface area contributed by atoms with Crippen molar-refractivity contribution in [1.82, 2.24) is 4.90 Å². The van der Waals surface area contributed by atoms with Crippen molar-refractivity contribution in [2.45, 2.75) is 32.4 Å². The Morgan fingerprint density at radius 3 is 2.81 bits per heavy atom.